The second-order valence-electron chi connectivity index (χ2n) is 1.10. The van der Waals surface area contributed by atoms with Gasteiger partial charge in [0.15, 0.2) is 6.20 Å². The summed E-state index contributed by atoms with van der Waals surface area (Å²) in [7, 11) is 0. The monoisotopic (exact) mass is 131 g/mol. The summed E-state index contributed by atoms with van der Waals surface area (Å²) >= 11 is 9.32. The molecule has 0 aliphatic heterocycles. The normalized spacial score (nSPS) is 9.14. The Balaban J connectivity index is 3.12. The maximum absolute atomic E-state index is 4.66. The summed E-state index contributed by atoms with van der Waals surface area (Å²) in [6.45, 7) is 0. The molecule has 0 aliphatic rings. The summed E-state index contributed by atoms with van der Waals surface area (Å²) in [5.74, 6) is 0. The van der Waals surface area contributed by atoms with E-state index >= 15 is 0 Å². The molecule has 0 aromatic carbocycles. The lowest BCUT2D eigenvalue weighted by atomic mass is 10.8. The molecule has 0 saturated carbocycles. The second-order valence-corrected chi connectivity index (χ2v) is 1.84. The van der Waals surface area contributed by atoms with Crippen molar-refractivity contribution in [2.24, 2.45) is 0 Å². The minimum atomic E-state index is 1.40. The zero-order chi connectivity index (χ0) is 5.28. The van der Waals surface area contributed by atoms with Gasteiger partial charge in [-0.1, -0.05) is 0 Å². The molecule has 0 amide bonds. The molecule has 1 heterocycles. The SMILES string of the molecule is [S-]n1ccc[n+]1[S-]. The zero-order valence-electron chi connectivity index (χ0n) is 3.44. The number of nitrogens with zero attached hydrogens (tertiary/aromatic N) is 2. The molecule has 1 rings (SSSR count). The van der Waals surface area contributed by atoms with Crippen molar-refractivity contribution in [2.75, 3.05) is 0 Å². The highest BCUT2D eigenvalue weighted by molar-refractivity contribution is 7.57. The average molecular weight is 131 g/mol. The van der Waals surface area contributed by atoms with Crippen molar-refractivity contribution in [2.45, 2.75) is 0 Å². The van der Waals surface area contributed by atoms with Gasteiger partial charge in [-0.25, -0.2) is 4.09 Å². The molecular formula is C3H3N2S2-. The van der Waals surface area contributed by atoms with Crippen LogP contribution in [0.4, 0.5) is 0 Å². The van der Waals surface area contributed by atoms with Crippen LogP contribution in [0.25, 0.3) is 0 Å². The van der Waals surface area contributed by atoms with Crippen molar-refractivity contribution in [3.63, 3.8) is 0 Å². The summed E-state index contributed by atoms with van der Waals surface area (Å²) in [5.41, 5.74) is 0. The summed E-state index contributed by atoms with van der Waals surface area (Å²) in [5, 5.41) is 0. The van der Waals surface area contributed by atoms with Crippen LogP contribution in [0.15, 0.2) is 18.5 Å². The summed E-state index contributed by atoms with van der Waals surface area (Å²) in [4.78, 5) is 0. The molecule has 0 N–H and O–H groups in total. The molecule has 0 fully saturated rings. The smallest absolute Gasteiger partial charge is 0.176 e. The molecule has 2 nitrogen and oxygen atoms in total. The Morgan fingerprint density at radius 1 is 1.57 bits per heavy atom. The van der Waals surface area contributed by atoms with E-state index in [4.69, 9.17) is 0 Å². The molecule has 0 radical (unpaired) electrons. The van der Waals surface area contributed by atoms with Crippen LogP contribution in [-0.2, 0) is 25.6 Å². The van der Waals surface area contributed by atoms with Crippen molar-refractivity contribution in [1.82, 2.24) is 4.09 Å². The van der Waals surface area contributed by atoms with Crippen LogP contribution in [-0.4, -0.2) is 4.09 Å². The van der Waals surface area contributed by atoms with E-state index in [2.05, 4.69) is 25.6 Å². The van der Waals surface area contributed by atoms with Gasteiger partial charge in [-0.05, 0) is 0 Å². The van der Waals surface area contributed by atoms with Crippen molar-refractivity contribution in [3.05, 3.63) is 18.5 Å². The van der Waals surface area contributed by atoms with E-state index in [0.717, 1.165) is 0 Å². The van der Waals surface area contributed by atoms with Crippen LogP contribution in [0.2, 0.25) is 0 Å². The minimum absolute atomic E-state index is 1.40. The molecule has 1 aromatic rings. The van der Waals surface area contributed by atoms with Crippen LogP contribution in [0, 0.1) is 0 Å². The fourth-order valence-electron chi connectivity index (χ4n) is 0.317. The van der Waals surface area contributed by atoms with E-state index < -0.39 is 0 Å². The summed E-state index contributed by atoms with van der Waals surface area (Å²) < 4.78 is 2.80. The highest BCUT2D eigenvalue weighted by Crippen LogP contribution is 1.71. The van der Waals surface area contributed by atoms with Gasteiger partial charge in [0, 0.05) is 12.3 Å². The average Bonchev–Trinajstić information content (AvgIpc) is 1.91. The molecule has 0 atom stereocenters. The molecule has 0 saturated heterocycles. The second kappa shape index (κ2) is 1.63. The first-order valence-corrected chi connectivity index (χ1v) is 2.48. The molecule has 0 bridgehead atoms. The van der Waals surface area contributed by atoms with Crippen molar-refractivity contribution >= 4 is 25.6 Å². The maximum atomic E-state index is 4.66. The van der Waals surface area contributed by atoms with E-state index in [1.807, 2.05) is 0 Å². The molecule has 0 aliphatic carbocycles. The predicted molar refractivity (Wildman–Crippen MR) is 30.2 cm³/mol. The Kier molecular flexibility index (Phi) is 1.12. The van der Waals surface area contributed by atoms with E-state index in [1.165, 1.54) is 8.17 Å². The van der Waals surface area contributed by atoms with Gasteiger partial charge in [0.05, 0.1) is 0 Å². The lowest BCUT2D eigenvalue weighted by molar-refractivity contribution is -0.569. The van der Waals surface area contributed by atoms with Crippen molar-refractivity contribution < 1.29 is 4.09 Å². The maximum Gasteiger partial charge on any atom is 0.176 e. The van der Waals surface area contributed by atoms with Gasteiger partial charge < -0.3 is 25.6 Å². The Hall–Kier alpha value is -0.350. The van der Waals surface area contributed by atoms with E-state index in [1.54, 1.807) is 18.5 Å². The molecule has 0 unspecified atom stereocenters. The third-order valence-electron chi connectivity index (χ3n) is 0.621. The van der Waals surface area contributed by atoms with E-state index in [-0.39, 0.29) is 0 Å². The van der Waals surface area contributed by atoms with Crippen molar-refractivity contribution in [3.8, 4) is 0 Å². The zero-order valence-corrected chi connectivity index (χ0v) is 5.08. The molecule has 4 heteroatoms. The number of aromatic nitrogens is 2. The Bertz CT molecular complexity index is 143. The molecule has 38 valence electrons. The van der Waals surface area contributed by atoms with Gasteiger partial charge in [-0.15, -0.1) is 0 Å². The van der Waals surface area contributed by atoms with E-state index in [9.17, 15) is 0 Å². The lowest BCUT2D eigenvalue weighted by Crippen LogP contribution is -2.33. The molecule has 7 heavy (non-hydrogen) atoms. The number of hydrogen-bond acceptors (Lipinski definition) is 2. The van der Waals surface area contributed by atoms with Gasteiger partial charge in [-0.3, -0.25) is 4.09 Å². The fourth-order valence-corrected chi connectivity index (χ4v) is 0.567. The topological polar surface area (TPSA) is 8.81 Å². The predicted octanol–water partition coefficient (Wildman–Crippen LogP) is -0.604. The molecule has 1 aromatic heterocycles. The highest BCUT2D eigenvalue weighted by Gasteiger charge is 1.76. The van der Waals surface area contributed by atoms with Crippen LogP contribution in [0.1, 0.15) is 0 Å². The number of rotatable bonds is 0. The van der Waals surface area contributed by atoms with Gasteiger partial charge in [-0.2, -0.15) is 0 Å². The van der Waals surface area contributed by atoms with Gasteiger partial charge in [0.2, 0.25) is 0 Å². The quantitative estimate of drug-likeness (QED) is 0.343. The fraction of sp³-hybridized carbons (Fsp3) is 0. The van der Waals surface area contributed by atoms with Gasteiger partial charge >= 0.3 is 0 Å². The minimum Gasteiger partial charge on any atom is -0.623 e. The highest BCUT2D eigenvalue weighted by atomic mass is 32.1. The van der Waals surface area contributed by atoms with Gasteiger partial charge in [0.25, 0.3) is 0 Å². The summed E-state index contributed by atoms with van der Waals surface area (Å²) in [6, 6.07) is 1.79. The number of hydrogen-bond donors (Lipinski definition) is 0. The van der Waals surface area contributed by atoms with Crippen LogP contribution < -0.4 is 4.09 Å². The van der Waals surface area contributed by atoms with E-state index in [0.29, 0.717) is 0 Å². The first-order chi connectivity index (χ1) is 3.30. The Labute approximate surface area is 52.8 Å². The first kappa shape index (κ1) is 4.80. The van der Waals surface area contributed by atoms with Gasteiger partial charge in [0.1, 0.15) is 0 Å². The molecular weight excluding hydrogens is 128 g/mol. The Morgan fingerprint density at radius 3 is 2.43 bits per heavy atom. The molecule has 0 spiro atoms. The van der Waals surface area contributed by atoms with Crippen LogP contribution >= 0.6 is 0 Å². The summed E-state index contributed by atoms with van der Waals surface area (Å²) in [6.07, 6.45) is 3.42. The standard InChI is InChI=1S/C3H3N2S2/c6-4-2-1-3-5(4)7/h1-3H/q-1. The lowest BCUT2D eigenvalue weighted by Gasteiger charge is -2.04. The third-order valence-corrected chi connectivity index (χ3v) is 1.32. The van der Waals surface area contributed by atoms with Crippen LogP contribution in [0.3, 0.4) is 0 Å². The van der Waals surface area contributed by atoms with Crippen molar-refractivity contribution in [1.29, 1.82) is 0 Å². The van der Waals surface area contributed by atoms with Crippen LogP contribution in [0.5, 0.6) is 0 Å². The third kappa shape index (κ3) is 0.808. The Morgan fingerprint density at radius 2 is 2.29 bits per heavy atom. The largest absolute Gasteiger partial charge is 0.623 e. The first-order valence-electron chi connectivity index (χ1n) is 1.75.